The van der Waals surface area contributed by atoms with E-state index in [1.165, 1.54) is 10.5 Å². The Morgan fingerprint density at radius 1 is 1.00 bits per heavy atom. The molecule has 2 aromatic carbocycles. The quantitative estimate of drug-likeness (QED) is 0.618. The Hall–Kier alpha value is -3.21. The molecule has 2 bridgehead atoms. The van der Waals surface area contributed by atoms with Crippen molar-refractivity contribution in [3.8, 4) is 0 Å². The average Bonchev–Trinajstić information content (AvgIpc) is 3.36. The van der Waals surface area contributed by atoms with Crippen LogP contribution in [0.25, 0.3) is 0 Å². The molecular formula is C25H24N2O3. The third-order valence-electron chi connectivity index (χ3n) is 7.10. The minimum absolute atomic E-state index is 0.128. The van der Waals surface area contributed by atoms with Crippen molar-refractivity contribution in [2.24, 2.45) is 23.7 Å². The van der Waals surface area contributed by atoms with Crippen molar-refractivity contribution in [1.82, 2.24) is 0 Å². The van der Waals surface area contributed by atoms with Gasteiger partial charge in [-0.3, -0.25) is 14.4 Å². The molecule has 2 aromatic rings. The number of amides is 3. The standard InChI is InChI=1S/C25H24N2O3/c1-13-6-4-9-20(15(13)3)26-23(28)16-7-5-8-18(11-16)27-24(29)21-17-10-14(2)19(12-17)22(21)25(27)30/h4-11,17,19,21-22H,12H2,1-3H3,(H,26,28)/t17-,19+,21-,22+/m0/s1. The van der Waals surface area contributed by atoms with Gasteiger partial charge in [-0.25, -0.2) is 4.90 Å². The molecule has 0 aromatic heterocycles. The molecule has 1 N–H and O–H groups in total. The number of nitrogens with one attached hydrogen (secondary N) is 1. The molecule has 0 unspecified atom stereocenters. The zero-order valence-electron chi connectivity index (χ0n) is 17.3. The first kappa shape index (κ1) is 18.8. The molecule has 30 heavy (non-hydrogen) atoms. The summed E-state index contributed by atoms with van der Waals surface area (Å²) in [5.41, 5.74) is 4.99. The fraction of sp³-hybridized carbons (Fsp3) is 0.320. The lowest BCUT2D eigenvalue weighted by molar-refractivity contribution is -0.123. The van der Waals surface area contributed by atoms with Crippen LogP contribution in [0.2, 0.25) is 0 Å². The average molecular weight is 400 g/mol. The van der Waals surface area contributed by atoms with Crippen LogP contribution in [0.3, 0.4) is 0 Å². The molecule has 2 fully saturated rings. The summed E-state index contributed by atoms with van der Waals surface area (Å²) in [6.07, 6.45) is 3.07. The van der Waals surface area contributed by atoms with Gasteiger partial charge in [0.15, 0.2) is 0 Å². The molecule has 1 saturated carbocycles. The number of carbonyl (C=O) groups is 3. The minimum Gasteiger partial charge on any atom is -0.322 e. The van der Waals surface area contributed by atoms with Crippen LogP contribution < -0.4 is 10.2 Å². The van der Waals surface area contributed by atoms with Gasteiger partial charge in [0.2, 0.25) is 11.8 Å². The van der Waals surface area contributed by atoms with Crippen LogP contribution in [0, 0.1) is 37.5 Å². The zero-order valence-corrected chi connectivity index (χ0v) is 17.3. The maximum atomic E-state index is 13.2. The maximum absolute atomic E-state index is 13.2. The van der Waals surface area contributed by atoms with Gasteiger partial charge < -0.3 is 5.32 Å². The lowest BCUT2D eigenvalue weighted by Crippen LogP contribution is -2.33. The largest absolute Gasteiger partial charge is 0.322 e. The first-order valence-electron chi connectivity index (χ1n) is 10.4. The normalized spacial score (nSPS) is 26.8. The summed E-state index contributed by atoms with van der Waals surface area (Å²) in [4.78, 5) is 40.4. The van der Waals surface area contributed by atoms with Crippen molar-refractivity contribution in [3.05, 3.63) is 70.8 Å². The van der Waals surface area contributed by atoms with Gasteiger partial charge in [-0.05, 0) is 74.4 Å². The summed E-state index contributed by atoms with van der Waals surface area (Å²) in [6.45, 7) is 6.02. The van der Waals surface area contributed by atoms with Crippen molar-refractivity contribution in [1.29, 1.82) is 0 Å². The highest BCUT2D eigenvalue weighted by molar-refractivity contribution is 6.23. The SMILES string of the molecule is CC1=C[C@H]2C[C@H]1[C@H]1C(=O)N(c3cccc(C(=O)Nc4cccc(C)c4C)c3)C(=O)[C@H]12. The number of hydrogen-bond acceptors (Lipinski definition) is 3. The number of nitrogens with zero attached hydrogens (tertiary/aromatic N) is 1. The Morgan fingerprint density at radius 3 is 2.53 bits per heavy atom. The number of benzene rings is 2. The van der Waals surface area contributed by atoms with E-state index in [4.69, 9.17) is 0 Å². The number of imide groups is 1. The highest BCUT2D eigenvalue weighted by Gasteiger charge is 2.60. The van der Waals surface area contributed by atoms with Crippen molar-refractivity contribution in [3.63, 3.8) is 0 Å². The number of rotatable bonds is 3. The Balaban J connectivity index is 1.42. The number of allylic oxidation sites excluding steroid dienone is 2. The fourth-order valence-electron chi connectivity index (χ4n) is 5.40. The Kier molecular flexibility index (Phi) is 4.17. The van der Waals surface area contributed by atoms with Gasteiger partial charge in [-0.15, -0.1) is 0 Å². The molecule has 3 aliphatic rings. The second-order valence-electron chi connectivity index (χ2n) is 8.73. The molecule has 1 saturated heterocycles. The zero-order chi connectivity index (χ0) is 21.2. The van der Waals surface area contributed by atoms with Crippen LogP contribution in [0.15, 0.2) is 54.1 Å². The first-order chi connectivity index (χ1) is 14.4. The smallest absolute Gasteiger partial charge is 0.255 e. The van der Waals surface area contributed by atoms with E-state index in [0.29, 0.717) is 11.3 Å². The molecule has 3 amide bonds. The van der Waals surface area contributed by atoms with Crippen molar-refractivity contribution in [2.75, 3.05) is 10.2 Å². The highest BCUT2D eigenvalue weighted by atomic mass is 16.2. The summed E-state index contributed by atoms with van der Waals surface area (Å²) in [5.74, 6) is -0.680. The second kappa shape index (κ2) is 6.66. The topological polar surface area (TPSA) is 66.5 Å². The lowest BCUT2D eigenvalue weighted by Gasteiger charge is -2.19. The van der Waals surface area contributed by atoms with E-state index in [-0.39, 0.29) is 41.4 Å². The molecule has 0 spiro atoms. The minimum atomic E-state index is -0.262. The number of fused-ring (bicyclic) bond motifs is 5. The van der Waals surface area contributed by atoms with Gasteiger partial charge in [-0.2, -0.15) is 0 Å². The molecule has 1 aliphatic heterocycles. The molecule has 5 nitrogen and oxygen atoms in total. The van der Waals surface area contributed by atoms with Crippen LogP contribution in [-0.2, 0) is 9.59 Å². The molecule has 4 atom stereocenters. The molecule has 1 heterocycles. The van der Waals surface area contributed by atoms with Gasteiger partial charge in [0.25, 0.3) is 5.91 Å². The van der Waals surface area contributed by atoms with E-state index in [9.17, 15) is 14.4 Å². The maximum Gasteiger partial charge on any atom is 0.255 e. The predicted molar refractivity (Wildman–Crippen MR) is 115 cm³/mol. The summed E-state index contributed by atoms with van der Waals surface area (Å²) in [6, 6.07) is 12.6. The Labute approximate surface area is 175 Å². The van der Waals surface area contributed by atoms with Gasteiger partial charge >= 0.3 is 0 Å². The van der Waals surface area contributed by atoms with Crippen LogP contribution in [0.4, 0.5) is 11.4 Å². The van der Waals surface area contributed by atoms with Gasteiger partial charge in [0.1, 0.15) is 0 Å². The second-order valence-corrected chi connectivity index (χ2v) is 8.73. The number of hydrogen-bond donors (Lipinski definition) is 1. The van der Waals surface area contributed by atoms with E-state index in [1.54, 1.807) is 24.3 Å². The van der Waals surface area contributed by atoms with E-state index >= 15 is 0 Å². The van der Waals surface area contributed by atoms with Gasteiger partial charge in [-0.1, -0.05) is 29.8 Å². The van der Waals surface area contributed by atoms with Crippen molar-refractivity contribution >= 4 is 29.1 Å². The third kappa shape index (κ3) is 2.65. The molecule has 152 valence electrons. The monoisotopic (exact) mass is 400 g/mol. The van der Waals surface area contributed by atoms with Gasteiger partial charge in [0, 0.05) is 11.3 Å². The summed E-state index contributed by atoms with van der Waals surface area (Å²) in [7, 11) is 0. The van der Waals surface area contributed by atoms with E-state index in [1.807, 2.05) is 32.0 Å². The van der Waals surface area contributed by atoms with E-state index < -0.39 is 0 Å². The summed E-state index contributed by atoms with van der Waals surface area (Å²) in [5, 5.41) is 2.94. The summed E-state index contributed by atoms with van der Waals surface area (Å²) >= 11 is 0. The molecular weight excluding hydrogens is 376 g/mol. The van der Waals surface area contributed by atoms with Gasteiger partial charge in [0.05, 0.1) is 17.5 Å². The van der Waals surface area contributed by atoms with Crippen molar-refractivity contribution in [2.45, 2.75) is 27.2 Å². The fourth-order valence-corrected chi connectivity index (χ4v) is 5.40. The van der Waals surface area contributed by atoms with Crippen LogP contribution in [-0.4, -0.2) is 17.7 Å². The van der Waals surface area contributed by atoms with Crippen molar-refractivity contribution < 1.29 is 14.4 Å². The molecule has 5 rings (SSSR count). The van der Waals surface area contributed by atoms with Crippen LogP contribution >= 0.6 is 0 Å². The molecule has 0 radical (unpaired) electrons. The highest BCUT2D eigenvalue weighted by Crippen LogP contribution is 2.55. The number of carbonyl (C=O) groups excluding carboxylic acids is 3. The number of anilines is 2. The van der Waals surface area contributed by atoms with E-state index in [0.717, 1.165) is 23.2 Å². The molecule has 5 heteroatoms. The Morgan fingerprint density at radius 2 is 1.73 bits per heavy atom. The van der Waals surface area contributed by atoms with Crippen LogP contribution in [0.5, 0.6) is 0 Å². The summed E-state index contributed by atoms with van der Waals surface area (Å²) < 4.78 is 0. The number of aryl methyl sites for hydroxylation is 1. The lowest BCUT2D eigenvalue weighted by atomic mass is 9.82. The Bertz CT molecular complexity index is 1130. The molecule has 2 aliphatic carbocycles. The first-order valence-corrected chi connectivity index (χ1v) is 10.4. The predicted octanol–water partition coefficient (Wildman–Crippen LogP) is 4.26. The van der Waals surface area contributed by atoms with Crippen LogP contribution in [0.1, 0.15) is 34.8 Å². The van der Waals surface area contributed by atoms with E-state index in [2.05, 4.69) is 18.3 Å². The third-order valence-corrected chi connectivity index (χ3v) is 7.10.